The van der Waals surface area contributed by atoms with Gasteiger partial charge in [-0.25, -0.2) is 8.42 Å². The molecule has 9 heteroatoms. The highest BCUT2D eigenvalue weighted by Gasteiger charge is 2.17. The number of nitrogens with one attached hydrogen (secondary N) is 1. The molecule has 1 N–H and O–H groups in total. The summed E-state index contributed by atoms with van der Waals surface area (Å²) < 4.78 is 43.4. The first kappa shape index (κ1) is 19.4. The Morgan fingerprint density at radius 3 is 2.25 bits per heavy atom. The molecule has 0 radical (unpaired) electrons. The van der Waals surface area contributed by atoms with Crippen molar-refractivity contribution in [1.29, 1.82) is 0 Å². The molecule has 0 fully saturated rings. The average Bonchev–Trinajstić information content (AvgIpc) is 2.73. The van der Waals surface area contributed by atoms with E-state index in [4.69, 9.17) is 14.2 Å². The van der Waals surface area contributed by atoms with Crippen LogP contribution < -0.4 is 18.9 Å². The van der Waals surface area contributed by atoms with Gasteiger partial charge in [0.2, 0.25) is 5.88 Å². The van der Waals surface area contributed by atoms with Crippen molar-refractivity contribution in [2.75, 3.05) is 26.1 Å². The zero-order valence-corrected chi connectivity index (χ0v) is 16.4. The van der Waals surface area contributed by atoms with Crippen molar-refractivity contribution in [1.82, 2.24) is 10.2 Å². The third kappa shape index (κ3) is 4.15. The standard InChI is InChI=1S/C19H19N3O5S/c1-25-17-9-7-15(12-18(17)26-2)28(23,24)22-14-6-4-5-13(11-14)16-8-10-19(27-3)21-20-16/h4-12,22H,1-3H3. The number of methoxy groups -OCH3 is 3. The first-order valence-electron chi connectivity index (χ1n) is 8.20. The largest absolute Gasteiger partial charge is 0.493 e. The van der Waals surface area contributed by atoms with Gasteiger partial charge in [-0.05, 0) is 30.3 Å². The number of nitrogens with zero attached hydrogens (tertiary/aromatic N) is 2. The highest BCUT2D eigenvalue weighted by molar-refractivity contribution is 7.92. The van der Waals surface area contributed by atoms with E-state index < -0.39 is 10.0 Å². The Kier molecular flexibility index (Phi) is 5.65. The minimum atomic E-state index is -3.82. The number of ether oxygens (including phenoxy) is 3. The Morgan fingerprint density at radius 1 is 0.821 bits per heavy atom. The minimum Gasteiger partial charge on any atom is -0.493 e. The number of rotatable bonds is 7. The zero-order chi connectivity index (χ0) is 20.1. The van der Waals surface area contributed by atoms with Crippen LogP contribution in [-0.4, -0.2) is 39.9 Å². The van der Waals surface area contributed by atoms with Crippen LogP contribution in [0.1, 0.15) is 0 Å². The van der Waals surface area contributed by atoms with E-state index in [2.05, 4.69) is 14.9 Å². The van der Waals surface area contributed by atoms with Gasteiger partial charge >= 0.3 is 0 Å². The average molecular weight is 401 g/mol. The summed E-state index contributed by atoms with van der Waals surface area (Å²) in [5, 5.41) is 8.00. The van der Waals surface area contributed by atoms with Gasteiger partial charge in [-0.1, -0.05) is 12.1 Å². The maximum atomic E-state index is 12.7. The number of benzene rings is 2. The van der Waals surface area contributed by atoms with Crippen LogP contribution in [0.2, 0.25) is 0 Å². The lowest BCUT2D eigenvalue weighted by Crippen LogP contribution is -2.13. The number of aromatic nitrogens is 2. The second-order valence-electron chi connectivity index (χ2n) is 5.66. The van der Waals surface area contributed by atoms with Crippen molar-refractivity contribution < 1.29 is 22.6 Å². The first-order chi connectivity index (χ1) is 13.5. The molecule has 8 nitrogen and oxygen atoms in total. The van der Waals surface area contributed by atoms with Crippen LogP contribution in [0.15, 0.2) is 59.5 Å². The summed E-state index contributed by atoms with van der Waals surface area (Å²) in [6, 6.07) is 14.7. The molecule has 0 aliphatic rings. The van der Waals surface area contributed by atoms with Gasteiger partial charge in [-0.2, -0.15) is 0 Å². The molecule has 0 saturated heterocycles. The second kappa shape index (κ2) is 8.13. The zero-order valence-electron chi connectivity index (χ0n) is 15.5. The maximum absolute atomic E-state index is 12.7. The highest BCUT2D eigenvalue weighted by atomic mass is 32.2. The summed E-state index contributed by atoms with van der Waals surface area (Å²) in [4.78, 5) is 0.0554. The summed E-state index contributed by atoms with van der Waals surface area (Å²) >= 11 is 0. The lowest BCUT2D eigenvalue weighted by Gasteiger charge is -2.12. The SMILES string of the molecule is COc1ccc(-c2cccc(NS(=O)(=O)c3ccc(OC)c(OC)c3)c2)nn1. The molecule has 0 spiro atoms. The van der Waals surface area contributed by atoms with E-state index in [1.165, 1.54) is 39.5 Å². The fraction of sp³-hybridized carbons (Fsp3) is 0.158. The number of hydrogen-bond acceptors (Lipinski definition) is 7. The van der Waals surface area contributed by atoms with Crippen LogP contribution in [0.3, 0.4) is 0 Å². The quantitative estimate of drug-likeness (QED) is 0.650. The molecule has 1 heterocycles. The summed E-state index contributed by atoms with van der Waals surface area (Å²) in [5.74, 6) is 1.17. The van der Waals surface area contributed by atoms with E-state index in [9.17, 15) is 8.42 Å². The van der Waals surface area contributed by atoms with Crippen molar-refractivity contribution in [2.45, 2.75) is 4.90 Å². The van der Waals surface area contributed by atoms with Crippen molar-refractivity contribution >= 4 is 15.7 Å². The molecule has 0 unspecified atom stereocenters. The normalized spacial score (nSPS) is 11.0. The molecule has 3 aromatic rings. The third-order valence-corrected chi connectivity index (χ3v) is 5.30. The lowest BCUT2D eigenvalue weighted by atomic mass is 10.1. The van der Waals surface area contributed by atoms with Crippen molar-refractivity contribution in [3.8, 4) is 28.6 Å². The molecule has 146 valence electrons. The summed E-state index contributed by atoms with van der Waals surface area (Å²) in [7, 11) is 0.615. The Bertz CT molecular complexity index is 1070. The Balaban J connectivity index is 1.88. The lowest BCUT2D eigenvalue weighted by molar-refractivity contribution is 0.354. The number of anilines is 1. The van der Waals surface area contributed by atoms with Crippen molar-refractivity contribution in [3.05, 3.63) is 54.6 Å². The highest BCUT2D eigenvalue weighted by Crippen LogP contribution is 2.30. The van der Waals surface area contributed by atoms with E-state index in [1.54, 1.807) is 30.3 Å². The summed E-state index contributed by atoms with van der Waals surface area (Å²) in [6.45, 7) is 0. The van der Waals surface area contributed by atoms with Crippen molar-refractivity contribution in [3.63, 3.8) is 0 Å². The molecular formula is C19H19N3O5S. The number of sulfonamides is 1. The van der Waals surface area contributed by atoms with Crippen molar-refractivity contribution in [2.24, 2.45) is 0 Å². The molecule has 0 saturated carbocycles. The van der Waals surface area contributed by atoms with E-state index in [0.29, 0.717) is 34.3 Å². The summed E-state index contributed by atoms with van der Waals surface area (Å²) in [6.07, 6.45) is 0. The van der Waals surface area contributed by atoms with Gasteiger partial charge in [0.25, 0.3) is 10.0 Å². The second-order valence-corrected chi connectivity index (χ2v) is 7.35. The van der Waals surface area contributed by atoms with Crippen LogP contribution in [0, 0.1) is 0 Å². The first-order valence-corrected chi connectivity index (χ1v) is 9.68. The van der Waals surface area contributed by atoms with E-state index in [-0.39, 0.29) is 4.90 Å². The van der Waals surface area contributed by atoms with Crippen LogP contribution in [0.25, 0.3) is 11.3 Å². The van der Waals surface area contributed by atoms with Gasteiger partial charge in [-0.15, -0.1) is 10.2 Å². The van der Waals surface area contributed by atoms with E-state index >= 15 is 0 Å². The molecule has 0 amide bonds. The van der Waals surface area contributed by atoms with Crippen LogP contribution in [-0.2, 0) is 10.0 Å². The topological polar surface area (TPSA) is 99.6 Å². The molecule has 2 aromatic carbocycles. The molecule has 0 atom stereocenters. The van der Waals surface area contributed by atoms with Gasteiger partial charge in [0.15, 0.2) is 11.5 Å². The monoisotopic (exact) mass is 401 g/mol. The molecular weight excluding hydrogens is 382 g/mol. The minimum absolute atomic E-state index is 0.0554. The van der Waals surface area contributed by atoms with E-state index in [0.717, 1.165) is 0 Å². The van der Waals surface area contributed by atoms with E-state index in [1.807, 2.05) is 6.07 Å². The van der Waals surface area contributed by atoms with Crippen LogP contribution >= 0.6 is 0 Å². The van der Waals surface area contributed by atoms with Gasteiger partial charge in [-0.3, -0.25) is 4.72 Å². The van der Waals surface area contributed by atoms with Crippen LogP contribution in [0.5, 0.6) is 17.4 Å². The molecule has 1 aromatic heterocycles. The van der Waals surface area contributed by atoms with Gasteiger partial charge in [0.1, 0.15) is 0 Å². The Labute approximate surface area is 163 Å². The molecule has 0 aliphatic carbocycles. The van der Waals surface area contributed by atoms with Gasteiger partial charge in [0, 0.05) is 23.4 Å². The third-order valence-electron chi connectivity index (χ3n) is 3.93. The molecule has 0 bridgehead atoms. The Hall–Kier alpha value is -3.33. The molecule has 0 aliphatic heterocycles. The summed E-state index contributed by atoms with van der Waals surface area (Å²) in [5.41, 5.74) is 1.69. The smallest absolute Gasteiger partial charge is 0.262 e. The number of hydrogen-bond donors (Lipinski definition) is 1. The maximum Gasteiger partial charge on any atom is 0.262 e. The van der Waals surface area contributed by atoms with Gasteiger partial charge < -0.3 is 14.2 Å². The predicted octanol–water partition coefficient (Wildman–Crippen LogP) is 2.97. The fourth-order valence-electron chi connectivity index (χ4n) is 2.52. The Morgan fingerprint density at radius 2 is 1.61 bits per heavy atom. The fourth-order valence-corrected chi connectivity index (χ4v) is 3.59. The molecule has 28 heavy (non-hydrogen) atoms. The molecule has 3 rings (SSSR count). The van der Waals surface area contributed by atoms with Gasteiger partial charge in [0.05, 0.1) is 31.9 Å². The van der Waals surface area contributed by atoms with Crippen LogP contribution in [0.4, 0.5) is 5.69 Å². The predicted molar refractivity (Wildman–Crippen MR) is 104 cm³/mol.